The second-order valence-corrected chi connectivity index (χ2v) is 6.63. The molecule has 0 aliphatic heterocycles. The molecule has 1 aromatic carbocycles. The number of aromatic nitrogens is 2. The molecule has 0 spiro atoms. The van der Waals surface area contributed by atoms with Gasteiger partial charge in [-0.1, -0.05) is 30.7 Å². The molecule has 8 heteroatoms. The average molecular weight is 360 g/mol. The minimum absolute atomic E-state index is 0.101. The summed E-state index contributed by atoms with van der Waals surface area (Å²) in [6, 6.07) is 6.04. The van der Waals surface area contributed by atoms with Gasteiger partial charge >= 0.3 is 5.76 Å². The molecule has 0 saturated carbocycles. The maximum absolute atomic E-state index is 12.4. The van der Waals surface area contributed by atoms with Gasteiger partial charge in [0.05, 0.1) is 5.69 Å². The molecule has 1 N–H and O–H groups in total. The van der Waals surface area contributed by atoms with E-state index in [4.69, 9.17) is 11.6 Å². The molecule has 2 atom stereocenters. The first-order valence-corrected chi connectivity index (χ1v) is 8.57. The van der Waals surface area contributed by atoms with Crippen LogP contribution in [0.15, 0.2) is 35.5 Å². The van der Waals surface area contributed by atoms with Crippen LogP contribution >= 0.6 is 11.6 Å². The zero-order valence-corrected chi connectivity index (χ0v) is 14.2. The van der Waals surface area contributed by atoms with Crippen LogP contribution in [-0.4, -0.2) is 19.9 Å². The van der Waals surface area contributed by atoms with Crippen LogP contribution in [0.3, 0.4) is 0 Å². The number of hydrogen-bond donors (Lipinski definition) is 1. The Balaban J connectivity index is 2.15. The van der Waals surface area contributed by atoms with Crippen molar-refractivity contribution in [1.29, 1.82) is 0 Å². The van der Waals surface area contributed by atoms with Crippen molar-refractivity contribution in [1.82, 2.24) is 9.97 Å². The first kappa shape index (κ1) is 17.7. The van der Waals surface area contributed by atoms with Crippen molar-refractivity contribution in [3.05, 3.63) is 46.9 Å². The smallest absolute Gasteiger partial charge is 0.316 e. The Kier molecular flexibility index (Phi) is 6.01. The minimum atomic E-state index is -2.89. The number of nitrogens with zero attached hydrogens (tertiary/aromatic N) is 2. The van der Waals surface area contributed by atoms with Gasteiger partial charge in [0.2, 0.25) is 0 Å². The molecule has 23 heavy (non-hydrogen) atoms. The Morgan fingerprint density at radius 1 is 1.26 bits per heavy atom. The van der Waals surface area contributed by atoms with Gasteiger partial charge < -0.3 is 5.32 Å². The standard InChI is InChI=1S/C15H16ClF2N3OS/c1-3-12-13(16)14(20-8-19-12)21-9(2)10-4-6-11(7-5-10)23(22)15(17)18/h4-9,15H,3H2,1-2H3,(H,19,20,21). The van der Waals surface area contributed by atoms with E-state index in [0.29, 0.717) is 17.3 Å². The van der Waals surface area contributed by atoms with Gasteiger partial charge in [0.1, 0.15) is 28.0 Å². The summed E-state index contributed by atoms with van der Waals surface area (Å²) in [7, 11) is -2.30. The van der Waals surface area contributed by atoms with Crippen LogP contribution in [0.4, 0.5) is 14.6 Å². The third-order valence-electron chi connectivity index (χ3n) is 3.32. The molecule has 124 valence electrons. The fraction of sp³-hybridized carbons (Fsp3) is 0.333. The highest BCUT2D eigenvalue weighted by molar-refractivity contribution is 7.85. The molecule has 0 aliphatic carbocycles. The van der Waals surface area contributed by atoms with Crippen LogP contribution in [0, 0.1) is 0 Å². The molecule has 2 rings (SSSR count). The molecule has 0 amide bonds. The lowest BCUT2D eigenvalue weighted by Crippen LogP contribution is -2.10. The first-order valence-electron chi connectivity index (χ1n) is 6.98. The van der Waals surface area contributed by atoms with Crippen LogP contribution in [0.2, 0.25) is 5.02 Å². The van der Waals surface area contributed by atoms with Gasteiger partial charge in [-0.05, 0) is 31.0 Å². The Morgan fingerprint density at radius 2 is 1.91 bits per heavy atom. The van der Waals surface area contributed by atoms with E-state index >= 15 is 0 Å². The summed E-state index contributed by atoms with van der Waals surface area (Å²) in [4.78, 5) is 8.32. The molecule has 0 bridgehead atoms. The SMILES string of the molecule is CCc1ncnc(NC(C)c2ccc(S(=O)C(F)F)cc2)c1Cl. The Bertz CT molecular complexity index is 698. The lowest BCUT2D eigenvalue weighted by molar-refractivity contribution is 0.244. The number of aryl methyl sites for hydroxylation is 1. The molecular weight excluding hydrogens is 344 g/mol. The second kappa shape index (κ2) is 7.79. The quantitative estimate of drug-likeness (QED) is 0.840. The molecule has 2 aromatic rings. The van der Waals surface area contributed by atoms with Crippen LogP contribution in [0.1, 0.15) is 31.1 Å². The van der Waals surface area contributed by atoms with E-state index in [1.54, 1.807) is 12.1 Å². The fourth-order valence-corrected chi connectivity index (χ4v) is 2.93. The molecule has 0 aliphatic rings. The van der Waals surface area contributed by atoms with E-state index < -0.39 is 16.6 Å². The maximum atomic E-state index is 12.4. The van der Waals surface area contributed by atoms with E-state index in [1.807, 2.05) is 13.8 Å². The summed E-state index contributed by atoms with van der Waals surface area (Å²) in [5.74, 6) is -2.37. The lowest BCUT2D eigenvalue weighted by Gasteiger charge is -2.17. The number of hydrogen-bond acceptors (Lipinski definition) is 4. The van der Waals surface area contributed by atoms with E-state index in [-0.39, 0.29) is 10.9 Å². The van der Waals surface area contributed by atoms with Gasteiger partial charge in [-0.3, -0.25) is 0 Å². The number of alkyl halides is 2. The highest BCUT2D eigenvalue weighted by Gasteiger charge is 2.16. The van der Waals surface area contributed by atoms with Gasteiger partial charge in [-0.15, -0.1) is 0 Å². The zero-order valence-electron chi connectivity index (χ0n) is 12.6. The Morgan fingerprint density at radius 3 is 2.48 bits per heavy atom. The van der Waals surface area contributed by atoms with Crippen LogP contribution in [0.25, 0.3) is 0 Å². The second-order valence-electron chi connectivity index (χ2n) is 4.83. The number of anilines is 1. The third-order valence-corrected chi connectivity index (χ3v) is 4.78. The average Bonchev–Trinajstić information content (AvgIpc) is 2.56. The number of benzene rings is 1. The van der Waals surface area contributed by atoms with E-state index in [2.05, 4.69) is 15.3 Å². The van der Waals surface area contributed by atoms with Crippen molar-refractivity contribution in [2.75, 3.05) is 5.32 Å². The molecule has 0 fully saturated rings. The van der Waals surface area contributed by atoms with Crippen LogP contribution in [0.5, 0.6) is 0 Å². The van der Waals surface area contributed by atoms with E-state index in [0.717, 1.165) is 11.3 Å². The minimum Gasteiger partial charge on any atom is -0.362 e. The summed E-state index contributed by atoms with van der Waals surface area (Å²) in [6.07, 6.45) is 2.13. The molecule has 4 nitrogen and oxygen atoms in total. The predicted molar refractivity (Wildman–Crippen MR) is 87.3 cm³/mol. The Hall–Kier alpha value is -1.60. The fourth-order valence-electron chi connectivity index (χ4n) is 2.04. The van der Waals surface area contributed by atoms with Crippen LogP contribution < -0.4 is 5.32 Å². The van der Waals surface area contributed by atoms with E-state index in [1.165, 1.54) is 18.5 Å². The Labute approximate surface area is 140 Å². The molecule has 0 saturated heterocycles. The normalized spacial score (nSPS) is 13.8. The lowest BCUT2D eigenvalue weighted by atomic mass is 10.1. The number of rotatable bonds is 6. The molecular formula is C15H16ClF2N3OS. The molecule has 0 radical (unpaired) electrons. The van der Waals surface area contributed by atoms with Gasteiger partial charge in [-0.25, -0.2) is 14.2 Å². The topological polar surface area (TPSA) is 54.9 Å². The van der Waals surface area contributed by atoms with E-state index in [9.17, 15) is 13.0 Å². The summed E-state index contributed by atoms with van der Waals surface area (Å²) >= 11 is 6.23. The first-order chi connectivity index (χ1) is 10.9. The van der Waals surface area contributed by atoms with Crippen molar-refractivity contribution < 1.29 is 13.0 Å². The van der Waals surface area contributed by atoms with Gasteiger partial charge in [0.25, 0.3) is 0 Å². The van der Waals surface area contributed by atoms with Gasteiger partial charge in [0, 0.05) is 10.9 Å². The number of nitrogens with one attached hydrogen (secondary N) is 1. The highest BCUT2D eigenvalue weighted by atomic mass is 35.5. The zero-order chi connectivity index (χ0) is 17.0. The largest absolute Gasteiger partial charge is 0.362 e. The summed E-state index contributed by atoms with van der Waals surface area (Å²) < 4.78 is 36.2. The third kappa shape index (κ3) is 4.23. The number of halogens is 3. The van der Waals surface area contributed by atoms with Crippen molar-refractivity contribution in [2.24, 2.45) is 0 Å². The maximum Gasteiger partial charge on any atom is 0.316 e. The van der Waals surface area contributed by atoms with Crippen molar-refractivity contribution in [2.45, 2.75) is 37.0 Å². The highest BCUT2D eigenvalue weighted by Crippen LogP contribution is 2.26. The summed E-state index contributed by atoms with van der Waals surface area (Å²) in [5, 5.41) is 3.64. The monoisotopic (exact) mass is 359 g/mol. The van der Waals surface area contributed by atoms with Gasteiger partial charge in [0.15, 0.2) is 0 Å². The molecule has 2 unspecified atom stereocenters. The molecule has 1 heterocycles. The molecule has 1 aromatic heterocycles. The van der Waals surface area contributed by atoms with Crippen LogP contribution in [-0.2, 0) is 17.2 Å². The van der Waals surface area contributed by atoms with Crippen molar-refractivity contribution in [3.63, 3.8) is 0 Å². The van der Waals surface area contributed by atoms with Crippen molar-refractivity contribution >= 4 is 28.2 Å². The summed E-state index contributed by atoms with van der Waals surface area (Å²) in [5.41, 5.74) is 1.59. The predicted octanol–water partition coefficient (Wildman–Crippen LogP) is 4.20. The van der Waals surface area contributed by atoms with Gasteiger partial charge in [-0.2, -0.15) is 8.78 Å². The van der Waals surface area contributed by atoms with Crippen molar-refractivity contribution in [3.8, 4) is 0 Å². The summed E-state index contributed by atoms with van der Waals surface area (Å²) in [6.45, 7) is 3.84.